The molecule has 1 aliphatic heterocycles. The Bertz CT molecular complexity index is 681. The minimum absolute atomic E-state index is 0.0588. The molecule has 128 valence electrons. The van der Waals surface area contributed by atoms with E-state index in [9.17, 15) is 4.79 Å². The zero-order chi connectivity index (χ0) is 16.9. The molecule has 0 bridgehead atoms. The first-order valence-corrected chi connectivity index (χ1v) is 8.32. The van der Waals surface area contributed by atoms with E-state index in [1.54, 1.807) is 24.2 Å². The maximum atomic E-state index is 12.4. The number of benzene rings is 1. The normalized spacial score (nSPS) is 20.6. The summed E-state index contributed by atoms with van der Waals surface area (Å²) in [6.45, 7) is 4.65. The standard InChI is InChI=1S/C18H24N4O2/c1-13-7-8-19-10-17(13)21-18(23)15-9-20-22(12-15)11-14-3-5-16(24-2)6-4-14/h3-6,9,12-13,17,19H,7-8,10-11H2,1-2H3,(H,21,23). The van der Waals surface area contributed by atoms with E-state index in [0.717, 1.165) is 30.8 Å². The van der Waals surface area contributed by atoms with E-state index in [-0.39, 0.29) is 11.9 Å². The van der Waals surface area contributed by atoms with Gasteiger partial charge in [0.2, 0.25) is 0 Å². The minimum atomic E-state index is -0.0588. The van der Waals surface area contributed by atoms with Crippen molar-refractivity contribution >= 4 is 5.91 Å². The fraction of sp³-hybridized carbons (Fsp3) is 0.444. The van der Waals surface area contributed by atoms with Gasteiger partial charge in [0.1, 0.15) is 5.75 Å². The van der Waals surface area contributed by atoms with E-state index < -0.39 is 0 Å². The van der Waals surface area contributed by atoms with Crippen LogP contribution in [0, 0.1) is 5.92 Å². The summed E-state index contributed by atoms with van der Waals surface area (Å²) in [5.41, 5.74) is 1.71. The molecule has 24 heavy (non-hydrogen) atoms. The lowest BCUT2D eigenvalue weighted by atomic mass is 9.94. The summed E-state index contributed by atoms with van der Waals surface area (Å²) >= 11 is 0. The molecule has 1 aromatic carbocycles. The smallest absolute Gasteiger partial charge is 0.254 e. The molecule has 2 aromatic rings. The number of hydrogen-bond acceptors (Lipinski definition) is 4. The van der Waals surface area contributed by atoms with Crippen LogP contribution >= 0.6 is 0 Å². The van der Waals surface area contributed by atoms with Gasteiger partial charge in [0.05, 0.1) is 25.4 Å². The van der Waals surface area contributed by atoms with E-state index >= 15 is 0 Å². The number of ether oxygens (including phenoxy) is 1. The monoisotopic (exact) mass is 328 g/mol. The molecule has 6 nitrogen and oxygen atoms in total. The predicted molar refractivity (Wildman–Crippen MR) is 92.2 cm³/mol. The molecule has 1 aliphatic rings. The summed E-state index contributed by atoms with van der Waals surface area (Å²) in [7, 11) is 1.65. The predicted octanol–water partition coefficient (Wildman–Crippen LogP) is 1.67. The van der Waals surface area contributed by atoms with Crippen LogP contribution in [0.15, 0.2) is 36.7 Å². The van der Waals surface area contributed by atoms with Crippen molar-refractivity contribution in [3.63, 3.8) is 0 Å². The third-order valence-electron chi connectivity index (χ3n) is 4.54. The van der Waals surface area contributed by atoms with Crippen LogP contribution in [0.3, 0.4) is 0 Å². The van der Waals surface area contributed by atoms with Gasteiger partial charge in [-0.3, -0.25) is 9.48 Å². The van der Waals surface area contributed by atoms with Crippen molar-refractivity contribution in [1.82, 2.24) is 20.4 Å². The van der Waals surface area contributed by atoms with Gasteiger partial charge in [-0.25, -0.2) is 0 Å². The lowest BCUT2D eigenvalue weighted by Crippen LogP contribution is -2.50. The van der Waals surface area contributed by atoms with E-state index in [1.165, 1.54) is 0 Å². The lowest BCUT2D eigenvalue weighted by molar-refractivity contribution is 0.0915. The van der Waals surface area contributed by atoms with Crippen LogP contribution in [-0.2, 0) is 6.54 Å². The molecule has 2 unspecified atom stereocenters. The third kappa shape index (κ3) is 3.94. The molecule has 6 heteroatoms. The van der Waals surface area contributed by atoms with Gasteiger partial charge in [0, 0.05) is 18.8 Å². The van der Waals surface area contributed by atoms with Gasteiger partial charge in [0.15, 0.2) is 0 Å². The Kier molecular flexibility index (Phi) is 5.15. The van der Waals surface area contributed by atoms with E-state index in [1.807, 2.05) is 24.3 Å². The number of aromatic nitrogens is 2. The van der Waals surface area contributed by atoms with Crippen LogP contribution in [0.25, 0.3) is 0 Å². The number of nitrogens with one attached hydrogen (secondary N) is 2. The molecule has 1 saturated heterocycles. The number of rotatable bonds is 5. The molecule has 1 fully saturated rings. The first kappa shape index (κ1) is 16.5. The van der Waals surface area contributed by atoms with Crippen molar-refractivity contribution in [2.75, 3.05) is 20.2 Å². The van der Waals surface area contributed by atoms with Crippen LogP contribution in [0.5, 0.6) is 5.75 Å². The molecule has 0 spiro atoms. The molecule has 3 rings (SSSR count). The fourth-order valence-electron chi connectivity index (χ4n) is 2.92. The van der Waals surface area contributed by atoms with Crippen molar-refractivity contribution in [1.29, 1.82) is 0 Å². The second-order valence-electron chi connectivity index (χ2n) is 6.32. The van der Waals surface area contributed by atoms with Crippen molar-refractivity contribution in [2.45, 2.75) is 25.9 Å². The quantitative estimate of drug-likeness (QED) is 0.876. The highest BCUT2D eigenvalue weighted by atomic mass is 16.5. The maximum absolute atomic E-state index is 12.4. The highest BCUT2D eigenvalue weighted by Crippen LogP contribution is 2.14. The number of amides is 1. The molecule has 2 N–H and O–H groups in total. The highest BCUT2D eigenvalue weighted by molar-refractivity contribution is 5.93. The summed E-state index contributed by atoms with van der Waals surface area (Å²) in [5, 5.41) is 10.7. The van der Waals surface area contributed by atoms with Crippen LogP contribution in [0.2, 0.25) is 0 Å². The molecule has 0 aliphatic carbocycles. The van der Waals surface area contributed by atoms with Gasteiger partial charge < -0.3 is 15.4 Å². The number of piperidine rings is 1. The summed E-state index contributed by atoms with van der Waals surface area (Å²) < 4.78 is 6.93. The zero-order valence-electron chi connectivity index (χ0n) is 14.2. The number of hydrogen-bond donors (Lipinski definition) is 2. The summed E-state index contributed by atoms with van der Waals surface area (Å²) in [6.07, 6.45) is 4.50. The number of methoxy groups -OCH3 is 1. The lowest BCUT2D eigenvalue weighted by Gasteiger charge is -2.30. The summed E-state index contributed by atoms with van der Waals surface area (Å²) in [5.74, 6) is 1.26. The Hall–Kier alpha value is -2.34. The van der Waals surface area contributed by atoms with Crippen molar-refractivity contribution < 1.29 is 9.53 Å². The molecule has 2 heterocycles. The first-order valence-electron chi connectivity index (χ1n) is 8.32. The molecule has 0 saturated carbocycles. The fourth-order valence-corrected chi connectivity index (χ4v) is 2.92. The third-order valence-corrected chi connectivity index (χ3v) is 4.54. The Balaban J connectivity index is 1.60. The topological polar surface area (TPSA) is 68.2 Å². The Morgan fingerprint density at radius 2 is 2.21 bits per heavy atom. The van der Waals surface area contributed by atoms with Crippen LogP contribution < -0.4 is 15.4 Å². The summed E-state index contributed by atoms with van der Waals surface area (Å²) in [4.78, 5) is 12.4. The van der Waals surface area contributed by atoms with Crippen molar-refractivity contribution in [2.24, 2.45) is 5.92 Å². The van der Waals surface area contributed by atoms with Crippen molar-refractivity contribution in [3.8, 4) is 5.75 Å². The van der Waals surface area contributed by atoms with E-state index in [4.69, 9.17) is 4.74 Å². The average molecular weight is 328 g/mol. The summed E-state index contributed by atoms with van der Waals surface area (Å²) in [6, 6.07) is 8.01. The SMILES string of the molecule is COc1ccc(Cn2cc(C(=O)NC3CNCCC3C)cn2)cc1. The molecule has 1 aromatic heterocycles. The largest absolute Gasteiger partial charge is 0.497 e. The van der Waals surface area contributed by atoms with Crippen LogP contribution in [0.1, 0.15) is 29.3 Å². The van der Waals surface area contributed by atoms with Gasteiger partial charge in [0.25, 0.3) is 5.91 Å². The minimum Gasteiger partial charge on any atom is -0.497 e. The second-order valence-corrected chi connectivity index (χ2v) is 6.32. The van der Waals surface area contributed by atoms with Crippen molar-refractivity contribution in [3.05, 3.63) is 47.8 Å². The molecule has 1 amide bonds. The second kappa shape index (κ2) is 7.49. The van der Waals surface area contributed by atoms with Gasteiger partial charge in [-0.1, -0.05) is 19.1 Å². The van der Waals surface area contributed by atoms with Crippen LogP contribution in [0.4, 0.5) is 0 Å². The molecular formula is C18H24N4O2. The van der Waals surface area contributed by atoms with Gasteiger partial charge >= 0.3 is 0 Å². The van der Waals surface area contributed by atoms with Crippen LogP contribution in [-0.4, -0.2) is 41.9 Å². The Morgan fingerprint density at radius 3 is 2.92 bits per heavy atom. The van der Waals surface area contributed by atoms with E-state index in [0.29, 0.717) is 18.0 Å². The number of carbonyl (C=O) groups is 1. The number of nitrogens with zero attached hydrogens (tertiary/aromatic N) is 2. The average Bonchev–Trinajstić information content (AvgIpc) is 3.06. The molecule has 2 atom stereocenters. The molecular weight excluding hydrogens is 304 g/mol. The zero-order valence-corrected chi connectivity index (χ0v) is 14.2. The van der Waals surface area contributed by atoms with Gasteiger partial charge in [-0.05, 0) is 36.6 Å². The highest BCUT2D eigenvalue weighted by Gasteiger charge is 2.23. The van der Waals surface area contributed by atoms with Gasteiger partial charge in [-0.2, -0.15) is 5.10 Å². The van der Waals surface area contributed by atoms with E-state index in [2.05, 4.69) is 22.7 Å². The maximum Gasteiger partial charge on any atom is 0.254 e. The van der Waals surface area contributed by atoms with Gasteiger partial charge in [-0.15, -0.1) is 0 Å². The first-order chi connectivity index (χ1) is 11.7. The number of carbonyl (C=O) groups excluding carboxylic acids is 1. The Morgan fingerprint density at radius 1 is 1.42 bits per heavy atom. The Labute approximate surface area is 142 Å². The molecule has 0 radical (unpaired) electrons.